The molecule has 8 rings (SSSR count). The molecule has 0 aromatic carbocycles. The van der Waals surface area contributed by atoms with Crippen LogP contribution in [-0.2, 0) is 35.7 Å². The van der Waals surface area contributed by atoms with Gasteiger partial charge in [-0.2, -0.15) is 0 Å². The van der Waals surface area contributed by atoms with Crippen molar-refractivity contribution in [2.45, 2.75) is 77.5 Å². The van der Waals surface area contributed by atoms with Gasteiger partial charge in [-0.25, -0.2) is 67.2 Å². The molecular formula is C40H48Cl2CoN8O14. The maximum absolute atomic E-state index is 8.49. The van der Waals surface area contributed by atoms with Crippen LogP contribution in [0.5, 0.6) is 0 Å². The van der Waals surface area contributed by atoms with Gasteiger partial charge in [-0.05, 0) is 126 Å². The molecule has 0 spiro atoms. The molecule has 0 amide bonds. The largest absolute Gasteiger partial charge is 2.00 e. The average molecular weight is 995 g/mol. The summed E-state index contributed by atoms with van der Waals surface area (Å²) < 4.78 is 91.1. The summed E-state index contributed by atoms with van der Waals surface area (Å²) in [4.78, 5) is 36.3. The molecule has 25 heteroatoms. The molecule has 4 N–H and O–H groups in total. The molecule has 0 saturated carbocycles. The van der Waals surface area contributed by atoms with Crippen LogP contribution in [0.1, 0.15) is 78.2 Å². The first-order chi connectivity index (χ1) is 28.6. The molecule has 4 aromatic heterocycles. The third-order valence-corrected chi connectivity index (χ3v) is 8.42. The van der Waals surface area contributed by atoms with E-state index in [1.54, 1.807) is 24.8 Å². The fourth-order valence-corrected chi connectivity index (χ4v) is 5.78. The molecule has 0 unspecified atom stereocenters. The zero-order valence-electron chi connectivity index (χ0n) is 36.3. The third kappa shape index (κ3) is 18.2. The number of ether oxygens (including phenoxy) is 4. The van der Waals surface area contributed by atoms with Gasteiger partial charge >= 0.3 is 16.8 Å². The maximum Gasteiger partial charge on any atom is 2.00 e. The molecule has 22 nitrogen and oxygen atoms in total. The van der Waals surface area contributed by atoms with Gasteiger partial charge in [0.1, 0.15) is 49.2 Å². The van der Waals surface area contributed by atoms with Crippen molar-refractivity contribution in [2.24, 2.45) is 20.0 Å². The number of aliphatic imine (C=N–C) groups is 4. The first-order valence-electron chi connectivity index (χ1n) is 18.6. The van der Waals surface area contributed by atoms with Crippen LogP contribution in [0.4, 0.5) is 0 Å². The van der Waals surface area contributed by atoms with Gasteiger partial charge in [0.15, 0.2) is 0 Å². The Balaban J connectivity index is 0.000000357. The molecule has 4 aliphatic heterocycles. The quantitative estimate of drug-likeness (QED) is 0.175. The van der Waals surface area contributed by atoms with Crippen molar-refractivity contribution in [1.29, 1.82) is 0 Å². The van der Waals surface area contributed by atoms with Crippen LogP contribution in [0.3, 0.4) is 0 Å². The molecule has 355 valence electrons. The number of pyridine rings is 4. The fraction of sp³-hybridized carbons (Fsp3) is 0.400. The minimum Gasteiger partial charge on any atom is -0.474 e. The molecule has 4 aromatic rings. The number of nitrogens with zero attached hydrogens (tertiary/aromatic N) is 8. The molecule has 1 radical (unpaired) electrons. The van der Waals surface area contributed by atoms with E-state index < -0.39 is 20.5 Å². The first kappa shape index (κ1) is 56.3. The van der Waals surface area contributed by atoms with Crippen LogP contribution in [0, 0.1) is 20.5 Å². The van der Waals surface area contributed by atoms with Gasteiger partial charge in [0.05, 0.1) is 22.2 Å². The summed E-state index contributed by atoms with van der Waals surface area (Å²) in [6.45, 7) is 18.5. The van der Waals surface area contributed by atoms with Crippen molar-refractivity contribution < 1.29 is 104 Å². The second kappa shape index (κ2) is 22.1. The second-order valence-electron chi connectivity index (χ2n) is 16.6. The fourth-order valence-electron chi connectivity index (χ4n) is 5.78. The number of hydrogen-bond acceptors (Lipinski definition) is 20. The van der Waals surface area contributed by atoms with Crippen LogP contribution in [-0.4, -0.2) is 103 Å². The molecule has 65 heavy (non-hydrogen) atoms. The predicted octanol–water partition coefficient (Wildman–Crippen LogP) is -4.66. The third-order valence-electron chi connectivity index (χ3n) is 8.42. The Bertz CT molecular complexity index is 2060. The molecule has 0 saturated heterocycles. The van der Waals surface area contributed by atoms with Crippen molar-refractivity contribution in [3.05, 3.63) is 96.1 Å². The Morgan fingerprint density at radius 2 is 0.600 bits per heavy atom. The van der Waals surface area contributed by atoms with Crippen LogP contribution < -0.4 is 37.3 Å². The Morgan fingerprint density at radius 1 is 0.400 bits per heavy atom. The molecule has 0 aliphatic carbocycles. The van der Waals surface area contributed by atoms with E-state index in [-0.39, 0.29) is 49.9 Å². The van der Waals surface area contributed by atoms with E-state index in [9.17, 15) is 0 Å². The minimum atomic E-state index is -4.94. The summed E-state index contributed by atoms with van der Waals surface area (Å²) in [6, 6.07) is 15.8. The number of hydrogen-bond donors (Lipinski definition) is 0. The predicted molar refractivity (Wildman–Crippen MR) is 208 cm³/mol. The van der Waals surface area contributed by atoms with E-state index in [1.165, 1.54) is 0 Å². The topological polar surface area (TPSA) is 385 Å². The van der Waals surface area contributed by atoms with E-state index >= 15 is 0 Å². The van der Waals surface area contributed by atoms with Gasteiger partial charge in [0.2, 0.25) is 23.6 Å². The minimum absolute atomic E-state index is 0. The molecule has 0 atom stereocenters. The standard InChI is InChI=1S/2C20H22N4O2.2ClHO4.Co.2H2O/c2*1-19(2)11-25-17(23-19)15-9-14(13-5-7-21-8-6-13)10-16(22-15)18-24-20(3,4)12-26-18;2*2-1(3,4)5;;;/h2*5-10H,11-12H2,1-4H3;2*(H,2,3,4,5);;2*1H2/q;;;;+2;;/p-2. The van der Waals surface area contributed by atoms with Crippen LogP contribution in [0.15, 0.2) is 93.3 Å². The summed E-state index contributed by atoms with van der Waals surface area (Å²) in [7, 11) is -9.89. The van der Waals surface area contributed by atoms with Gasteiger partial charge in [-0.1, -0.05) is 0 Å². The van der Waals surface area contributed by atoms with E-state index in [1.807, 2.05) is 104 Å². The van der Waals surface area contributed by atoms with Gasteiger partial charge in [0.25, 0.3) is 0 Å². The van der Waals surface area contributed by atoms with Gasteiger partial charge in [-0.3, -0.25) is 9.97 Å². The van der Waals surface area contributed by atoms with Crippen LogP contribution >= 0.6 is 0 Å². The Kier molecular flexibility index (Phi) is 19.1. The summed E-state index contributed by atoms with van der Waals surface area (Å²) >= 11 is 0. The van der Waals surface area contributed by atoms with Crippen molar-refractivity contribution in [3.8, 4) is 22.3 Å². The van der Waals surface area contributed by atoms with E-state index in [0.717, 1.165) is 22.3 Å². The maximum atomic E-state index is 8.49. The Labute approximate surface area is 388 Å². The van der Waals surface area contributed by atoms with Crippen LogP contribution in [0.2, 0.25) is 0 Å². The summed E-state index contributed by atoms with van der Waals surface area (Å²) in [5.74, 6) is 2.24. The van der Waals surface area contributed by atoms with E-state index in [2.05, 4.69) is 29.9 Å². The van der Waals surface area contributed by atoms with E-state index in [0.29, 0.717) is 72.8 Å². The molecule has 0 fully saturated rings. The number of aromatic nitrogens is 4. The summed E-state index contributed by atoms with van der Waals surface area (Å²) in [6.07, 6.45) is 7.09. The molecule has 4 aliphatic rings. The summed E-state index contributed by atoms with van der Waals surface area (Å²) in [5, 5.41) is 0. The van der Waals surface area contributed by atoms with Crippen molar-refractivity contribution >= 4 is 23.6 Å². The first-order valence-corrected chi connectivity index (χ1v) is 21.1. The van der Waals surface area contributed by atoms with Gasteiger partial charge in [0, 0.05) is 24.8 Å². The van der Waals surface area contributed by atoms with Crippen LogP contribution in [0.25, 0.3) is 22.3 Å². The number of rotatable bonds is 6. The number of halogens is 2. The van der Waals surface area contributed by atoms with E-state index in [4.69, 9.17) is 66.2 Å². The Morgan fingerprint density at radius 3 is 0.769 bits per heavy atom. The second-order valence-corrected chi connectivity index (χ2v) is 18.1. The smallest absolute Gasteiger partial charge is 0.474 e. The average Bonchev–Trinajstić information content (AvgIpc) is 3.95. The van der Waals surface area contributed by atoms with Crippen molar-refractivity contribution in [2.75, 3.05) is 26.4 Å². The zero-order valence-corrected chi connectivity index (χ0v) is 38.9. The normalized spacial score (nSPS) is 18.0. The van der Waals surface area contributed by atoms with Crippen molar-refractivity contribution in [3.63, 3.8) is 0 Å². The molecule has 0 bridgehead atoms. The summed E-state index contributed by atoms with van der Waals surface area (Å²) in [5.41, 5.74) is 5.87. The monoisotopic (exact) mass is 993 g/mol. The molecule has 8 heterocycles. The Hall–Kier alpha value is -4.83. The zero-order chi connectivity index (χ0) is 45.7. The van der Waals surface area contributed by atoms with Crippen molar-refractivity contribution in [1.82, 2.24) is 19.9 Å². The van der Waals surface area contributed by atoms with Gasteiger partial charge in [-0.15, -0.1) is 20.5 Å². The van der Waals surface area contributed by atoms with Gasteiger partial charge < -0.3 is 29.9 Å². The SMILES string of the molecule is CC1(C)COC(c2cc(-c3ccncc3)cc(C3=NC(C)(C)CO3)n2)=N1.CC1(C)COC(c2cc(-c3ccncc3)cc(C3=NC(C)(C)CO3)n2)=N1.O.O.[Co+2].[O-][Cl+3]([O-])([O-])[O-].[O-][Cl+3]([O-])([O-])[O-]. The molecular weight excluding hydrogens is 946 g/mol.